The van der Waals surface area contributed by atoms with Crippen LogP contribution >= 0.6 is 0 Å². The highest BCUT2D eigenvalue weighted by atomic mass is 16.6. The van der Waals surface area contributed by atoms with Crippen LogP contribution in [0.5, 0.6) is 5.75 Å². The number of hydrogen-bond acceptors (Lipinski definition) is 7. The molecule has 7 nitrogen and oxygen atoms in total. The number of rotatable bonds is 25. The lowest BCUT2D eigenvalue weighted by atomic mass is 10.1. The highest BCUT2D eigenvalue weighted by Gasteiger charge is 2.14. The molecule has 0 fully saturated rings. The maximum Gasteiger partial charge on any atom is 0.338 e. The van der Waals surface area contributed by atoms with Gasteiger partial charge in [0.15, 0.2) is 0 Å². The molecule has 1 aromatic heterocycles. The number of fused-ring (bicyclic) bond motifs is 1. The summed E-state index contributed by atoms with van der Waals surface area (Å²) < 4.78 is 28.5. The van der Waals surface area contributed by atoms with Gasteiger partial charge in [0.25, 0.3) is 0 Å². The molecule has 1 atom stereocenters. The van der Waals surface area contributed by atoms with Gasteiger partial charge in [-0.05, 0) is 56.5 Å². The molecule has 0 bridgehead atoms. The van der Waals surface area contributed by atoms with Gasteiger partial charge in [-0.2, -0.15) is 0 Å². The Balaban J connectivity index is 1.32. The van der Waals surface area contributed by atoms with Crippen LogP contribution in [-0.4, -0.2) is 44.5 Å². The molecule has 0 aliphatic carbocycles. The van der Waals surface area contributed by atoms with Crippen molar-refractivity contribution < 1.29 is 33.0 Å². The maximum atomic E-state index is 12.6. The van der Waals surface area contributed by atoms with E-state index in [-0.39, 0.29) is 24.6 Å². The summed E-state index contributed by atoms with van der Waals surface area (Å²) in [5, 5.41) is 0.948. The molecule has 7 heteroatoms. The van der Waals surface area contributed by atoms with Crippen LogP contribution in [0.15, 0.2) is 65.6 Å². The number of esters is 2. The first-order chi connectivity index (χ1) is 22.5. The molecule has 0 aliphatic rings. The van der Waals surface area contributed by atoms with Gasteiger partial charge in [-0.15, -0.1) is 0 Å². The first-order valence-corrected chi connectivity index (χ1v) is 17.4. The quantitative estimate of drug-likeness (QED) is 0.0521. The minimum atomic E-state index is -0.356. The zero-order valence-corrected chi connectivity index (χ0v) is 28.1. The summed E-state index contributed by atoms with van der Waals surface area (Å²) in [7, 11) is 0. The summed E-state index contributed by atoms with van der Waals surface area (Å²) in [5.74, 6) is 0.865. The van der Waals surface area contributed by atoms with E-state index in [2.05, 4.69) is 13.5 Å². The molecule has 0 amide bonds. The molecule has 0 spiro atoms. The molecule has 252 valence electrons. The van der Waals surface area contributed by atoms with E-state index in [4.69, 9.17) is 23.4 Å². The SMILES string of the molecule is C=CC(=O)OCCCCCCCCCCCCOc1cccc2oc(-c3ccc(C(=O)OCC(C)OCCCCCC)cc3)cc12. The molecule has 0 saturated heterocycles. The van der Waals surface area contributed by atoms with Gasteiger partial charge in [-0.25, -0.2) is 9.59 Å². The molecule has 3 rings (SSSR count). The van der Waals surface area contributed by atoms with E-state index < -0.39 is 0 Å². The number of carbonyl (C=O) groups is 2. The molecule has 0 saturated carbocycles. The Morgan fingerprint density at radius 3 is 2.09 bits per heavy atom. The van der Waals surface area contributed by atoms with Crippen molar-refractivity contribution in [2.24, 2.45) is 0 Å². The van der Waals surface area contributed by atoms with Gasteiger partial charge in [0.2, 0.25) is 0 Å². The summed E-state index contributed by atoms with van der Waals surface area (Å²) >= 11 is 0. The van der Waals surface area contributed by atoms with Crippen LogP contribution in [0.3, 0.4) is 0 Å². The fourth-order valence-corrected chi connectivity index (χ4v) is 5.24. The summed E-state index contributed by atoms with van der Waals surface area (Å²) in [6.45, 7) is 9.62. The van der Waals surface area contributed by atoms with E-state index in [1.54, 1.807) is 12.1 Å². The highest BCUT2D eigenvalue weighted by Crippen LogP contribution is 2.33. The summed E-state index contributed by atoms with van der Waals surface area (Å²) in [5.41, 5.74) is 2.16. The van der Waals surface area contributed by atoms with Gasteiger partial charge in [-0.1, -0.05) is 102 Å². The van der Waals surface area contributed by atoms with Gasteiger partial charge in [0.1, 0.15) is 23.7 Å². The predicted octanol–water partition coefficient (Wildman–Crippen LogP) is 10.3. The van der Waals surface area contributed by atoms with Crippen molar-refractivity contribution in [3.05, 3.63) is 66.7 Å². The van der Waals surface area contributed by atoms with Crippen molar-refractivity contribution in [1.29, 1.82) is 0 Å². The summed E-state index contributed by atoms with van der Waals surface area (Å²) in [4.78, 5) is 23.6. The largest absolute Gasteiger partial charge is 0.493 e. The molecular formula is C39H54O7. The lowest BCUT2D eigenvalue weighted by Gasteiger charge is -2.13. The van der Waals surface area contributed by atoms with E-state index in [1.807, 2.05) is 43.3 Å². The van der Waals surface area contributed by atoms with E-state index in [0.717, 1.165) is 60.1 Å². The monoisotopic (exact) mass is 634 g/mol. The second-order valence-electron chi connectivity index (χ2n) is 12.0. The molecule has 0 N–H and O–H groups in total. The van der Waals surface area contributed by atoms with Crippen LogP contribution in [0.25, 0.3) is 22.3 Å². The Bertz CT molecular complexity index is 1290. The van der Waals surface area contributed by atoms with Crippen LogP contribution in [-0.2, 0) is 19.0 Å². The van der Waals surface area contributed by atoms with E-state index in [1.165, 1.54) is 63.9 Å². The minimum Gasteiger partial charge on any atom is -0.493 e. The van der Waals surface area contributed by atoms with E-state index in [9.17, 15) is 9.59 Å². The number of furan rings is 1. The smallest absolute Gasteiger partial charge is 0.338 e. The normalized spacial score (nSPS) is 11.8. The lowest BCUT2D eigenvalue weighted by molar-refractivity contribution is -0.137. The van der Waals surface area contributed by atoms with Gasteiger partial charge < -0.3 is 23.4 Å². The predicted molar refractivity (Wildman–Crippen MR) is 184 cm³/mol. The first-order valence-electron chi connectivity index (χ1n) is 17.4. The molecule has 1 heterocycles. The average Bonchev–Trinajstić information content (AvgIpc) is 3.52. The van der Waals surface area contributed by atoms with Gasteiger partial charge in [0.05, 0.1) is 30.3 Å². The van der Waals surface area contributed by atoms with Gasteiger partial charge >= 0.3 is 11.9 Å². The zero-order chi connectivity index (χ0) is 32.8. The zero-order valence-electron chi connectivity index (χ0n) is 28.1. The highest BCUT2D eigenvalue weighted by molar-refractivity contribution is 5.91. The number of ether oxygens (including phenoxy) is 4. The fourth-order valence-electron chi connectivity index (χ4n) is 5.24. The summed E-state index contributed by atoms with van der Waals surface area (Å²) in [6, 6.07) is 15.2. The van der Waals surface area contributed by atoms with Crippen LogP contribution in [0, 0.1) is 0 Å². The molecule has 2 aromatic carbocycles. The van der Waals surface area contributed by atoms with Gasteiger partial charge in [-0.3, -0.25) is 0 Å². The Labute approximate surface area is 275 Å². The lowest BCUT2D eigenvalue weighted by Crippen LogP contribution is -2.19. The first kappa shape index (κ1) is 36.9. The third kappa shape index (κ3) is 13.8. The van der Waals surface area contributed by atoms with Crippen LogP contribution < -0.4 is 4.74 Å². The molecule has 0 radical (unpaired) electrons. The number of carbonyl (C=O) groups excluding carboxylic acids is 2. The topological polar surface area (TPSA) is 84.2 Å². The number of unbranched alkanes of at least 4 members (excludes halogenated alkanes) is 12. The Morgan fingerprint density at radius 2 is 1.41 bits per heavy atom. The third-order valence-electron chi connectivity index (χ3n) is 7.98. The van der Waals surface area contributed by atoms with Crippen molar-refractivity contribution in [2.75, 3.05) is 26.4 Å². The van der Waals surface area contributed by atoms with E-state index in [0.29, 0.717) is 25.4 Å². The van der Waals surface area contributed by atoms with Crippen molar-refractivity contribution >= 4 is 22.9 Å². The Hall–Kier alpha value is -3.58. The minimum absolute atomic E-state index is 0.127. The fraction of sp³-hybridized carbons (Fsp3) is 0.538. The van der Waals surface area contributed by atoms with Crippen molar-refractivity contribution in [1.82, 2.24) is 0 Å². The Kier molecular flexibility index (Phi) is 17.7. The third-order valence-corrected chi connectivity index (χ3v) is 7.98. The maximum absolute atomic E-state index is 12.6. The van der Waals surface area contributed by atoms with Crippen LogP contribution in [0.1, 0.15) is 114 Å². The van der Waals surface area contributed by atoms with Crippen LogP contribution in [0.2, 0.25) is 0 Å². The van der Waals surface area contributed by atoms with E-state index >= 15 is 0 Å². The Morgan fingerprint density at radius 1 is 0.783 bits per heavy atom. The molecule has 0 aliphatic heterocycles. The second-order valence-corrected chi connectivity index (χ2v) is 12.0. The average molecular weight is 635 g/mol. The molecule has 3 aromatic rings. The standard InChI is InChI=1S/C39H54O7/c1-4-6-7-16-26-42-31(3)30-45-39(41)33-24-22-32(23-25-33)37-29-34-35(20-19-21-36(34)46-37)43-27-17-14-12-10-8-9-11-13-15-18-28-44-38(40)5-2/h5,19-25,29,31H,2,4,6-18,26-28,30H2,1,3H3. The second kappa shape index (κ2) is 22.0. The van der Waals surface area contributed by atoms with Crippen LogP contribution in [0.4, 0.5) is 0 Å². The van der Waals surface area contributed by atoms with Crippen molar-refractivity contribution in [2.45, 2.75) is 110 Å². The summed E-state index contributed by atoms with van der Waals surface area (Å²) in [6.07, 6.45) is 17.3. The molecule has 46 heavy (non-hydrogen) atoms. The number of hydrogen-bond donors (Lipinski definition) is 0. The van der Waals surface area contributed by atoms with Gasteiger partial charge in [0, 0.05) is 18.2 Å². The van der Waals surface area contributed by atoms with Crippen molar-refractivity contribution in [3.63, 3.8) is 0 Å². The molecular weight excluding hydrogens is 580 g/mol. The number of benzene rings is 2. The molecule has 1 unspecified atom stereocenters. The van der Waals surface area contributed by atoms with Crippen molar-refractivity contribution in [3.8, 4) is 17.1 Å².